The minimum Gasteiger partial charge on any atom is -0.496 e. The molecule has 0 spiro atoms. The van der Waals surface area contributed by atoms with Crippen LogP contribution in [0.4, 0.5) is 5.69 Å². The number of pyridine rings is 1. The summed E-state index contributed by atoms with van der Waals surface area (Å²) in [6.45, 7) is 0. The third-order valence-corrected chi connectivity index (χ3v) is 2.41. The molecular weight excluding hydrogens is 200 g/mol. The molecule has 0 fully saturated rings. The number of ether oxygens (including phenoxy) is 1. The summed E-state index contributed by atoms with van der Waals surface area (Å²) in [6, 6.07) is 11.7. The van der Waals surface area contributed by atoms with Crippen LogP contribution in [-0.4, -0.2) is 12.1 Å². The Labute approximate surface area is 94.9 Å². The summed E-state index contributed by atoms with van der Waals surface area (Å²) in [5.41, 5.74) is 8.39. The van der Waals surface area contributed by atoms with E-state index in [2.05, 4.69) is 4.98 Å². The zero-order valence-electron chi connectivity index (χ0n) is 9.18. The van der Waals surface area contributed by atoms with Crippen LogP contribution < -0.4 is 10.5 Å². The molecule has 0 aliphatic heterocycles. The van der Waals surface area contributed by atoms with Crippen LogP contribution in [0.25, 0.3) is 0 Å². The van der Waals surface area contributed by atoms with Crippen molar-refractivity contribution in [3.05, 3.63) is 53.9 Å². The summed E-state index contributed by atoms with van der Waals surface area (Å²) in [4.78, 5) is 4.27. The Morgan fingerprint density at radius 2 is 2.00 bits per heavy atom. The maximum Gasteiger partial charge on any atom is 0.122 e. The van der Waals surface area contributed by atoms with Crippen molar-refractivity contribution in [2.45, 2.75) is 6.42 Å². The maximum absolute atomic E-state index is 5.59. The summed E-state index contributed by atoms with van der Waals surface area (Å²) in [6.07, 6.45) is 2.43. The van der Waals surface area contributed by atoms with E-state index in [-0.39, 0.29) is 0 Å². The van der Waals surface area contributed by atoms with Gasteiger partial charge in [0.1, 0.15) is 5.75 Å². The maximum atomic E-state index is 5.59. The second kappa shape index (κ2) is 4.66. The second-order valence-corrected chi connectivity index (χ2v) is 3.57. The molecule has 0 saturated heterocycles. The molecule has 1 aromatic carbocycles. The van der Waals surface area contributed by atoms with Crippen LogP contribution in [0.1, 0.15) is 11.3 Å². The zero-order valence-corrected chi connectivity index (χ0v) is 9.18. The number of nitrogen functional groups attached to an aromatic ring is 1. The van der Waals surface area contributed by atoms with Gasteiger partial charge in [0.2, 0.25) is 0 Å². The predicted octanol–water partition coefficient (Wildman–Crippen LogP) is 2.26. The Bertz CT molecular complexity index is 466. The molecule has 2 aromatic rings. The van der Waals surface area contributed by atoms with Crippen molar-refractivity contribution in [3.63, 3.8) is 0 Å². The number of hydrogen-bond acceptors (Lipinski definition) is 3. The first-order valence-electron chi connectivity index (χ1n) is 5.12. The van der Waals surface area contributed by atoms with E-state index >= 15 is 0 Å². The number of rotatable bonds is 3. The number of anilines is 1. The average molecular weight is 214 g/mol. The lowest BCUT2D eigenvalue weighted by atomic mass is 10.1. The number of benzene rings is 1. The smallest absolute Gasteiger partial charge is 0.122 e. The van der Waals surface area contributed by atoms with E-state index in [1.807, 2.05) is 36.4 Å². The van der Waals surface area contributed by atoms with Gasteiger partial charge in [-0.05, 0) is 18.2 Å². The van der Waals surface area contributed by atoms with E-state index in [0.717, 1.165) is 23.4 Å². The van der Waals surface area contributed by atoms with Gasteiger partial charge in [0.15, 0.2) is 0 Å². The molecule has 0 aliphatic rings. The quantitative estimate of drug-likeness (QED) is 0.852. The van der Waals surface area contributed by atoms with Crippen LogP contribution >= 0.6 is 0 Å². The minimum atomic E-state index is 0.684. The molecule has 0 saturated carbocycles. The SMILES string of the molecule is COc1ccccc1Cc1ccc(N)cn1. The van der Waals surface area contributed by atoms with Crippen molar-refractivity contribution in [1.82, 2.24) is 4.98 Å². The van der Waals surface area contributed by atoms with Gasteiger partial charge in [0, 0.05) is 17.7 Å². The van der Waals surface area contributed by atoms with Gasteiger partial charge in [-0.2, -0.15) is 0 Å². The molecule has 0 aliphatic carbocycles. The van der Waals surface area contributed by atoms with Crippen LogP contribution in [0.3, 0.4) is 0 Å². The van der Waals surface area contributed by atoms with Gasteiger partial charge in [-0.15, -0.1) is 0 Å². The van der Waals surface area contributed by atoms with Gasteiger partial charge in [-0.3, -0.25) is 4.98 Å². The van der Waals surface area contributed by atoms with Gasteiger partial charge in [0.05, 0.1) is 19.0 Å². The summed E-state index contributed by atoms with van der Waals surface area (Å²) in [5.74, 6) is 0.890. The highest BCUT2D eigenvalue weighted by Crippen LogP contribution is 2.20. The Kier molecular flexibility index (Phi) is 3.05. The van der Waals surface area contributed by atoms with E-state index in [0.29, 0.717) is 5.69 Å². The van der Waals surface area contributed by atoms with Crippen molar-refractivity contribution in [2.24, 2.45) is 0 Å². The molecule has 0 unspecified atom stereocenters. The number of aromatic nitrogens is 1. The third kappa shape index (κ3) is 2.31. The first kappa shape index (κ1) is 10.5. The van der Waals surface area contributed by atoms with Crippen molar-refractivity contribution in [3.8, 4) is 5.75 Å². The van der Waals surface area contributed by atoms with Gasteiger partial charge in [0.25, 0.3) is 0 Å². The summed E-state index contributed by atoms with van der Waals surface area (Å²) in [5, 5.41) is 0. The fourth-order valence-electron chi connectivity index (χ4n) is 1.58. The van der Waals surface area contributed by atoms with Crippen LogP contribution in [0, 0.1) is 0 Å². The molecule has 0 bridgehead atoms. The largest absolute Gasteiger partial charge is 0.496 e. The minimum absolute atomic E-state index is 0.684. The molecule has 0 amide bonds. The number of nitrogens with two attached hydrogens (primary N) is 1. The lowest BCUT2D eigenvalue weighted by molar-refractivity contribution is 0.410. The number of methoxy groups -OCH3 is 1. The lowest BCUT2D eigenvalue weighted by Crippen LogP contribution is -1.96. The molecule has 1 aromatic heterocycles. The normalized spacial score (nSPS) is 10.1. The van der Waals surface area contributed by atoms with Gasteiger partial charge >= 0.3 is 0 Å². The standard InChI is InChI=1S/C13H14N2O/c1-16-13-5-3-2-4-10(13)8-12-7-6-11(14)9-15-12/h2-7,9H,8,14H2,1H3. The van der Waals surface area contributed by atoms with Crippen molar-refractivity contribution >= 4 is 5.69 Å². The Morgan fingerprint density at radius 1 is 1.19 bits per heavy atom. The van der Waals surface area contributed by atoms with Crippen LogP contribution in [0.5, 0.6) is 5.75 Å². The highest BCUT2D eigenvalue weighted by molar-refractivity contribution is 5.39. The monoisotopic (exact) mass is 214 g/mol. The van der Waals surface area contributed by atoms with E-state index < -0.39 is 0 Å². The Balaban J connectivity index is 2.23. The van der Waals surface area contributed by atoms with Crippen LogP contribution in [0.2, 0.25) is 0 Å². The molecule has 0 atom stereocenters. The molecule has 3 heteroatoms. The zero-order chi connectivity index (χ0) is 11.4. The lowest BCUT2D eigenvalue weighted by Gasteiger charge is -2.07. The van der Waals surface area contributed by atoms with Crippen molar-refractivity contribution in [2.75, 3.05) is 12.8 Å². The van der Waals surface area contributed by atoms with Gasteiger partial charge in [-0.1, -0.05) is 18.2 Å². The Hall–Kier alpha value is -2.03. The van der Waals surface area contributed by atoms with Crippen LogP contribution in [0.15, 0.2) is 42.6 Å². The molecule has 16 heavy (non-hydrogen) atoms. The number of nitrogens with zero attached hydrogens (tertiary/aromatic N) is 1. The predicted molar refractivity (Wildman–Crippen MR) is 64.4 cm³/mol. The number of hydrogen-bond donors (Lipinski definition) is 1. The molecule has 82 valence electrons. The number of para-hydroxylation sites is 1. The second-order valence-electron chi connectivity index (χ2n) is 3.57. The molecule has 2 N–H and O–H groups in total. The van der Waals surface area contributed by atoms with E-state index in [9.17, 15) is 0 Å². The topological polar surface area (TPSA) is 48.1 Å². The summed E-state index contributed by atoms with van der Waals surface area (Å²) in [7, 11) is 1.68. The first-order valence-corrected chi connectivity index (χ1v) is 5.12. The van der Waals surface area contributed by atoms with E-state index in [1.165, 1.54) is 0 Å². The highest BCUT2D eigenvalue weighted by atomic mass is 16.5. The van der Waals surface area contributed by atoms with Crippen LogP contribution in [-0.2, 0) is 6.42 Å². The van der Waals surface area contributed by atoms with Crippen molar-refractivity contribution in [1.29, 1.82) is 0 Å². The average Bonchev–Trinajstić information content (AvgIpc) is 2.33. The molecular formula is C13H14N2O. The molecule has 1 heterocycles. The van der Waals surface area contributed by atoms with Gasteiger partial charge in [-0.25, -0.2) is 0 Å². The fraction of sp³-hybridized carbons (Fsp3) is 0.154. The van der Waals surface area contributed by atoms with Crippen molar-refractivity contribution < 1.29 is 4.74 Å². The third-order valence-electron chi connectivity index (χ3n) is 2.41. The molecule has 3 nitrogen and oxygen atoms in total. The molecule has 0 radical (unpaired) electrons. The highest BCUT2D eigenvalue weighted by Gasteiger charge is 2.03. The Morgan fingerprint density at radius 3 is 2.69 bits per heavy atom. The summed E-state index contributed by atoms with van der Waals surface area (Å²) >= 11 is 0. The molecule has 2 rings (SSSR count). The summed E-state index contributed by atoms with van der Waals surface area (Å²) < 4.78 is 5.29. The fourth-order valence-corrected chi connectivity index (χ4v) is 1.58. The first-order chi connectivity index (χ1) is 7.79. The van der Waals surface area contributed by atoms with Gasteiger partial charge < -0.3 is 10.5 Å². The van der Waals surface area contributed by atoms with E-state index in [4.69, 9.17) is 10.5 Å². The van der Waals surface area contributed by atoms with E-state index in [1.54, 1.807) is 13.3 Å².